The molecule has 0 bridgehead atoms. The van der Waals surface area contributed by atoms with Crippen LogP contribution in [-0.4, -0.2) is 44.3 Å². The van der Waals surface area contributed by atoms with Gasteiger partial charge in [-0.05, 0) is 61.1 Å². The number of hydrogen-bond donors (Lipinski definition) is 2. The Morgan fingerprint density at radius 2 is 1.92 bits per heavy atom. The molecule has 9 heteroatoms. The van der Waals surface area contributed by atoms with Crippen molar-refractivity contribution in [1.29, 1.82) is 5.41 Å². The molecule has 0 aliphatic heterocycles. The van der Waals surface area contributed by atoms with Crippen LogP contribution in [0.1, 0.15) is 55.5 Å². The molecule has 2 N–H and O–H groups in total. The van der Waals surface area contributed by atoms with Gasteiger partial charge in [0.1, 0.15) is 11.3 Å². The molecule has 1 aromatic carbocycles. The molecule has 1 aliphatic rings. The molecule has 3 aromatic heterocycles. The highest BCUT2D eigenvalue weighted by atomic mass is 16.5. The molecule has 0 saturated heterocycles. The lowest BCUT2D eigenvalue weighted by atomic mass is 10.2. The van der Waals surface area contributed by atoms with Crippen LogP contribution in [0, 0.1) is 5.41 Å². The zero-order valence-corrected chi connectivity index (χ0v) is 20.7. The lowest BCUT2D eigenvalue weighted by Crippen LogP contribution is -2.14. The normalized spacial score (nSPS) is 14.8. The predicted molar refractivity (Wildman–Crippen MR) is 135 cm³/mol. The van der Waals surface area contributed by atoms with E-state index in [-0.39, 0.29) is 17.5 Å². The van der Waals surface area contributed by atoms with Gasteiger partial charge in [-0.25, -0.2) is 9.97 Å². The number of nitrogens with zero attached hydrogens (tertiary/aromatic N) is 4. The highest BCUT2D eigenvalue weighted by Crippen LogP contribution is 2.32. The molecule has 188 valence electrons. The molecule has 4 aromatic rings. The molecule has 3 heterocycles. The Balaban J connectivity index is 1.34. The number of imidazole rings is 1. The molecule has 0 spiro atoms. The maximum absolute atomic E-state index is 8.29. The first-order valence-corrected chi connectivity index (χ1v) is 12.4. The summed E-state index contributed by atoms with van der Waals surface area (Å²) in [5, 5.41) is 8.29. The zero-order valence-electron chi connectivity index (χ0n) is 20.7. The number of H-pyrrole nitrogens is 1. The number of fused-ring (bicyclic) bond motifs is 1. The number of ether oxygens (including phenoxy) is 3. The summed E-state index contributed by atoms with van der Waals surface area (Å²) in [4.78, 5) is 16.5. The van der Waals surface area contributed by atoms with Gasteiger partial charge in [-0.15, -0.1) is 0 Å². The van der Waals surface area contributed by atoms with Crippen molar-refractivity contribution in [3.63, 3.8) is 0 Å². The smallest absolute Gasteiger partial charge is 0.173 e. The highest BCUT2D eigenvalue weighted by molar-refractivity contribution is 5.69. The molecular formula is C27H32N6O3. The largest absolute Gasteiger partial charge is 0.493 e. The second-order valence-corrected chi connectivity index (χ2v) is 9.32. The number of aromatic amines is 1. The number of nitrogens with one attached hydrogen (secondary N) is 2. The average molecular weight is 489 g/mol. The van der Waals surface area contributed by atoms with Gasteiger partial charge in [0.05, 0.1) is 39.3 Å². The van der Waals surface area contributed by atoms with E-state index in [1.807, 2.05) is 34.9 Å². The Morgan fingerprint density at radius 3 is 2.69 bits per heavy atom. The van der Waals surface area contributed by atoms with Crippen molar-refractivity contribution in [2.75, 3.05) is 13.7 Å². The summed E-state index contributed by atoms with van der Waals surface area (Å²) in [6.07, 6.45) is 10.0. The standard InChI is InChI=1S/C27H32N6O3/c1-18(15-35-16-19-9-11-29-12-10-19)26-31-24-25(28)30-17-33(27(24)32-26)14-20-7-8-22(34-2)23(13-20)36-21-5-3-4-6-21/h7-13,17-18,21,28H,3-6,14-16H2,1-2H3,(H,31,32). The minimum absolute atomic E-state index is 0.0273. The van der Waals surface area contributed by atoms with Crippen LogP contribution >= 0.6 is 0 Å². The predicted octanol–water partition coefficient (Wildman–Crippen LogP) is 4.33. The quantitative estimate of drug-likeness (QED) is 0.344. The summed E-state index contributed by atoms with van der Waals surface area (Å²) in [5.41, 5.74) is 3.61. The Hall–Kier alpha value is -3.72. The molecule has 1 fully saturated rings. The van der Waals surface area contributed by atoms with Crippen molar-refractivity contribution in [1.82, 2.24) is 24.5 Å². The Kier molecular flexibility index (Phi) is 7.27. The maximum Gasteiger partial charge on any atom is 0.173 e. The van der Waals surface area contributed by atoms with Crippen LogP contribution in [0.15, 0.2) is 49.1 Å². The number of pyridine rings is 1. The first-order chi connectivity index (χ1) is 17.6. The Labute approximate surface area is 210 Å². The lowest BCUT2D eigenvalue weighted by molar-refractivity contribution is 0.109. The van der Waals surface area contributed by atoms with Crippen molar-refractivity contribution in [2.24, 2.45) is 0 Å². The van der Waals surface area contributed by atoms with Crippen LogP contribution < -0.4 is 15.0 Å². The van der Waals surface area contributed by atoms with Gasteiger partial charge in [-0.1, -0.05) is 13.0 Å². The van der Waals surface area contributed by atoms with Gasteiger partial charge in [0.25, 0.3) is 0 Å². The molecule has 1 unspecified atom stereocenters. The summed E-state index contributed by atoms with van der Waals surface area (Å²) in [6.45, 7) is 3.62. The Morgan fingerprint density at radius 1 is 1.11 bits per heavy atom. The van der Waals surface area contributed by atoms with Crippen LogP contribution in [0.4, 0.5) is 0 Å². The molecular weight excluding hydrogens is 456 g/mol. The van der Waals surface area contributed by atoms with E-state index in [0.29, 0.717) is 30.9 Å². The molecule has 1 saturated carbocycles. The summed E-state index contributed by atoms with van der Waals surface area (Å²) in [7, 11) is 1.67. The van der Waals surface area contributed by atoms with Gasteiger partial charge < -0.3 is 23.8 Å². The second kappa shape index (κ2) is 10.9. The van der Waals surface area contributed by atoms with E-state index in [1.165, 1.54) is 12.8 Å². The van der Waals surface area contributed by atoms with Gasteiger partial charge in [0.2, 0.25) is 0 Å². The summed E-state index contributed by atoms with van der Waals surface area (Å²) >= 11 is 0. The summed E-state index contributed by atoms with van der Waals surface area (Å²) in [6, 6.07) is 9.89. The van der Waals surface area contributed by atoms with E-state index in [9.17, 15) is 0 Å². The summed E-state index contributed by atoms with van der Waals surface area (Å²) < 4.78 is 19.7. The third-order valence-corrected chi connectivity index (χ3v) is 6.57. The Bertz CT molecular complexity index is 1360. The third kappa shape index (κ3) is 5.41. The molecule has 1 aliphatic carbocycles. The third-order valence-electron chi connectivity index (χ3n) is 6.57. The van der Waals surface area contributed by atoms with E-state index in [2.05, 4.69) is 21.9 Å². The number of rotatable bonds is 10. The van der Waals surface area contributed by atoms with Gasteiger partial charge in [-0.3, -0.25) is 10.4 Å². The van der Waals surface area contributed by atoms with Crippen LogP contribution in [0.3, 0.4) is 0 Å². The molecule has 9 nitrogen and oxygen atoms in total. The number of methoxy groups -OCH3 is 1. The van der Waals surface area contributed by atoms with Crippen molar-refractivity contribution in [3.05, 3.63) is 71.5 Å². The van der Waals surface area contributed by atoms with E-state index >= 15 is 0 Å². The number of aromatic nitrogens is 5. The van der Waals surface area contributed by atoms with Crippen LogP contribution in [0.5, 0.6) is 11.5 Å². The van der Waals surface area contributed by atoms with Crippen LogP contribution in [0.2, 0.25) is 0 Å². The topological polar surface area (TPSA) is 111 Å². The van der Waals surface area contributed by atoms with E-state index in [1.54, 1.807) is 25.8 Å². The van der Waals surface area contributed by atoms with E-state index in [4.69, 9.17) is 24.6 Å². The lowest BCUT2D eigenvalue weighted by Gasteiger charge is -2.17. The fourth-order valence-electron chi connectivity index (χ4n) is 4.56. The number of hydrogen-bond acceptors (Lipinski definition) is 7. The van der Waals surface area contributed by atoms with Crippen molar-refractivity contribution < 1.29 is 14.2 Å². The van der Waals surface area contributed by atoms with Crippen molar-refractivity contribution in [2.45, 2.75) is 57.8 Å². The van der Waals surface area contributed by atoms with Crippen LogP contribution in [-0.2, 0) is 17.9 Å². The van der Waals surface area contributed by atoms with Crippen LogP contribution in [0.25, 0.3) is 11.2 Å². The minimum Gasteiger partial charge on any atom is -0.493 e. The SMILES string of the molecule is COc1ccc(Cn2cnc(=N)c3[nH]c(C(C)COCc4ccncc4)nc32)cc1OC1CCCC1. The fourth-order valence-corrected chi connectivity index (χ4v) is 4.56. The van der Waals surface area contributed by atoms with Gasteiger partial charge in [0.15, 0.2) is 22.6 Å². The molecule has 36 heavy (non-hydrogen) atoms. The van der Waals surface area contributed by atoms with Gasteiger partial charge >= 0.3 is 0 Å². The fraction of sp³-hybridized carbons (Fsp3) is 0.407. The second-order valence-electron chi connectivity index (χ2n) is 9.32. The van der Waals surface area contributed by atoms with Gasteiger partial charge in [-0.2, -0.15) is 0 Å². The zero-order chi connectivity index (χ0) is 24.9. The monoisotopic (exact) mass is 488 g/mol. The molecule has 5 rings (SSSR count). The maximum atomic E-state index is 8.29. The molecule has 0 amide bonds. The number of benzene rings is 1. The van der Waals surface area contributed by atoms with E-state index < -0.39 is 0 Å². The summed E-state index contributed by atoms with van der Waals surface area (Å²) in [5.74, 6) is 2.31. The first kappa shape index (κ1) is 24.0. The van der Waals surface area contributed by atoms with Crippen molar-refractivity contribution >= 4 is 11.2 Å². The average Bonchev–Trinajstić information content (AvgIpc) is 3.58. The van der Waals surface area contributed by atoms with Crippen molar-refractivity contribution in [3.8, 4) is 11.5 Å². The molecule has 0 radical (unpaired) electrons. The first-order valence-electron chi connectivity index (χ1n) is 12.4. The molecule has 1 atom stereocenters. The highest BCUT2D eigenvalue weighted by Gasteiger charge is 2.19. The minimum atomic E-state index is 0.0273. The van der Waals surface area contributed by atoms with Gasteiger partial charge in [0, 0.05) is 18.3 Å². The van der Waals surface area contributed by atoms with E-state index in [0.717, 1.165) is 41.3 Å².